The largest absolute Gasteiger partial charge is 0.251 e. The van der Waals surface area contributed by atoms with Gasteiger partial charge in [-0.15, -0.1) is 0 Å². The Labute approximate surface area is 333 Å². The van der Waals surface area contributed by atoms with Crippen molar-refractivity contribution < 1.29 is 16.5 Å². The second-order valence-corrected chi connectivity index (χ2v) is 15.8. The van der Waals surface area contributed by atoms with Crippen LogP contribution in [0.5, 0.6) is 0 Å². The van der Waals surface area contributed by atoms with Crippen LogP contribution in [-0.4, -0.2) is 11.4 Å². The number of nitrogens with zero attached hydrogens (tertiary/aromatic N) is 2. The molecule has 2 aromatic rings. The normalized spacial score (nSPS) is 12.2. The van der Waals surface area contributed by atoms with Crippen molar-refractivity contribution in [1.82, 2.24) is 0 Å². The van der Waals surface area contributed by atoms with Gasteiger partial charge in [0.05, 0.1) is 22.8 Å². The van der Waals surface area contributed by atoms with Crippen LogP contribution in [0.2, 0.25) is 0 Å². The molecule has 0 aliphatic carbocycles. The average Bonchev–Trinajstić information content (AvgIpc) is 3.09. The van der Waals surface area contributed by atoms with Gasteiger partial charge in [0.2, 0.25) is 0 Å². The van der Waals surface area contributed by atoms with Crippen molar-refractivity contribution in [3.63, 3.8) is 0 Å². The van der Waals surface area contributed by atoms with E-state index in [0.717, 1.165) is 35.6 Å². The molecule has 0 bridgehead atoms. The molecule has 0 aliphatic heterocycles. The predicted molar refractivity (Wildman–Crippen MR) is 231 cm³/mol. The minimum Gasteiger partial charge on any atom is -0.251 e. The van der Waals surface area contributed by atoms with Crippen LogP contribution >= 0.6 is 0 Å². The second kappa shape index (κ2) is 32.4. The van der Waals surface area contributed by atoms with E-state index in [1.54, 1.807) is 0 Å². The third-order valence-corrected chi connectivity index (χ3v) is 10.3. The van der Waals surface area contributed by atoms with Crippen molar-refractivity contribution in [3.05, 3.63) is 70.8 Å². The van der Waals surface area contributed by atoms with E-state index in [1.165, 1.54) is 183 Å². The van der Waals surface area contributed by atoms with E-state index in [1.807, 2.05) is 0 Å². The van der Waals surface area contributed by atoms with Crippen LogP contribution in [0.15, 0.2) is 58.5 Å². The molecule has 2 nitrogen and oxygen atoms in total. The van der Waals surface area contributed by atoms with E-state index < -0.39 is 0 Å². The maximum atomic E-state index is 5.13. The minimum absolute atomic E-state index is 0. The van der Waals surface area contributed by atoms with Crippen molar-refractivity contribution in [2.75, 3.05) is 0 Å². The molecule has 2 aromatic carbocycles. The molecule has 0 N–H and O–H groups in total. The summed E-state index contributed by atoms with van der Waals surface area (Å²) in [5.74, 6) is 0. The standard InChI is InChI=1S/C49H80N2.Ni/c1-7-9-10-11-12-13-14-15-16-17-18-19-20-21-22-23-24-25-26-27-28-29-30-31-32-33-34-35-49(51-47-40-44(5)37-45(6)41-47)48(8-2)50-46-38-42(3)36-43(4)39-46;/h34-41H,7-33H2,1-6H3;. The summed E-state index contributed by atoms with van der Waals surface area (Å²) in [5, 5.41) is 0. The Morgan fingerprint density at radius 2 is 0.731 bits per heavy atom. The molecule has 0 fully saturated rings. The van der Waals surface area contributed by atoms with Crippen molar-refractivity contribution in [2.45, 2.75) is 215 Å². The SMILES string of the molecule is CCCCCCCCCCCCCCCCCCCCCCCCCCCC=CC(=Nc1cc(C)cc(C)c1)C(CC)=Nc1cc(C)cc(C)c1.[Ni]. The van der Waals surface area contributed by atoms with Crippen molar-refractivity contribution in [2.24, 2.45) is 9.98 Å². The number of hydrogen-bond acceptors (Lipinski definition) is 2. The van der Waals surface area contributed by atoms with Crippen molar-refractivity contribution in [1.29, 1.82) is 0 Å². The van der Waals surface area contributed by atoms with Crippen LogP contribution < -0.4 is 0 Å². The summed E-state index contributed by atoms with van der Waals surface area (Å²) in [7, 11) is 0. The number of hydrogen-bond donors (Lipinski definition) is 0. The fraction of sp³-hybridized carbons (Fsp3) is 0.673. The molecule has 0 spiro atoms. The maximum Gasteiger partial charge on any atom is 0.0848 e. The van der Waals surface area contributed by atoms with Crippen LogP contribution in [0.3, 0.4) is 0 Å². The smallest absolute Gasteiger partial charge is 0.0848 e. The summed E-state index contributed by atoms with van der Waals surface area (Å²) in [4.78, 5) is 10.2. The van der Waals surface area contributed by atoms with Gasteiger partial charge in [-0.3, -0.25) is 4.99 Å². The minimum atomic E-state index is 0. The first-order valence-electron chi connectivity index (χ1n) is 21.9. The molecule has 0 aromatic heterocycles. The van der Waals surface area contributed by atoms with Gasteiger partial charge in [0.1, 0.15) is 0 Å². The molecule has 52 heavy (non-hydrogen) atoms. The van der Waals surface area contributed by atoms with Gasteiger partial charge < -0.3 is 0 Å². The Bertz CT molecular complexity index is 1220. The quantitative estimate of drug-likeness (QED) is 0.0416. The van der Waals surface area contributed by atoms with Gasteiger partial charge in [-0.05, 0) is 99.6 Å². The number of aliphatic imine (C=N–C) groups is 2. The van der Waals surface area contributed by atoms with Crippen LogP contribution in [0.4, 0.5) is 11.4 Å². The van der Waals surface area contributed by atoms with E-state index in [0.29, 0.717) is 0 Å². The van der Waals surface area contributed by atoms with Gasteiger partial charge in [0, 0.05) is 16.5 Å². The Balaban J connectivity index is 0.0000135. The summed E-state index contributed by atoms with van der Waals surface area (Å²) < 4.78 is 0. The predicted octanol–water partition coefficient (Wildman–Crippen LogP) is 16.9. The second-order valence-electron chi connectivity index (χ2n) is 15.8. The monoisotopic (exact) mass is 755 g/mol. The fourth-order valence-electron chi connectivity index (χ4n) is 7.44. The molecule has 3 heteroatoms. The summed E-state index contributed by atoms with van der Waals surface area (Å²) in [6.07, 6.45) is 42.4. The summed E-state index contributed by atoms with van der Waals surface area (Å²) in [5.41, 5.74) is 9.06. The molecule has 0 amide bonds. The molecular formula is C49H80N2Ni. The zero-order chi connectivity index (χ0) is 36.8. The van der Waals surface area contributed by atoms with E-state index >= 15 is 0 Å². The maximum absolute atomic E-state index is 5.13. The van der Waals surface area contributed by atoms with Gasteiger partial charge in [0.15, 0.2) is 0 Å². The molecule has 0 heterocycles. The molecule has 296 valence electrons. The molecule has 0 atom stereocenters. The molecule has 0 saturated heterocycles. The van der Waals surface area contributed by atoms with Crippen LogP contribution in [0, 0.1) is 27.7 Å². The number of allylic oxidation sites excluding steroid dienone is 2. The number of rotatable bonds is 31. The Morgan fingerprint density at radius 3 is 1.06 bits per heavy atom. The van der Waals surface area contributed by atoms with E-state index in [4.69, 9.17) is 9.98 Å². The van der Waals surface area contributed by atoms with Gasteiger partial charge in [-0.1, -0.05) is 186 Å². The molecule has 0 aliphatic rings. The zero-order valence-corrected chi connectivity index (χ0v) is 35.9. The first kappa shape index (κ1) is 48.0. The third kappa shape index (κ3) is 25.1. The Kier molecular flexibility index (Phi) is 30.0. The summed E-state index contributed by atoms with van der Waals surface area (Å²) in [6.45, 7) is 13.1. The van der Waals surface area contributed by atoms with Gasteiger partial charge >= 0.3 is 0 Å². The van der Waals surface area contributed by atoms with Gasteiger partial charge in [-0.2, -0.15) is 0 Å². The first-order valence-corrected chi connectivity index (χ1v) is 21.9. The van der Waals surface area contributed by atoms with E-state index in [-0.39, 0.29) is 16.5 Å². The number of benzene rings is 2. The molecule has 2 rings (SSSR count). The topological polar surface area (TPSA) is 24.7 Å². The Hall–Kier alpha value is -1.99. The number of unbranched alkanes of at least 4 members (excludes halogenated alkanes) is 25. The average molecular weight is 756 g/mol. The third-order valence-electron chi connectivity index (χ3n) is 10.3. The van der Waals surface area contributed by atoms with Crippen LogP contribution in [-0.2, 0) is 16.5 Å². The Morgan fingerprint density at radius 1 is 0.423 bits per heavy atom. The summed E-state index contributed by atoms with van der Waals surface area (Å²) >= 11 is 0. The fourth-order valence-corrected chi connectivity index (χ4v) is 7.44. The van der Waals surface area contributed by atoms with E-state index in [2.05, 4.69) is 90.1 Å². The molecule has 0 unspecified atom stereocenters. The summed E-state index contributed by atoms with van der Waals surface area (Å²) in [6, 6.07) is 13.1. The van der Waals surface area contributed by atoms with Crippen molar-refractivity contribution >= 4 is 22.8 Å². The zero-order valence-electron chi connectivity index (χ0n) is 34.9. The number of aryl methyl sites for hydroxylation is 4. The van der Waals surface area contributed by atoms with Crippen molar-refractivity contribution in [3.8, 4) is 0 Å². The van der Waals surface area contributed by atoms with Crippen LogP contribution in [0.1, 0.15) is 209 Å². The van der Waals surface area contributed by atoms with E-state index in [9.17, 15) is 0 Å². The first-order chi connectivity index (χ1) is 24.9. The van der Waals surface area contributed by atoms with Gasteiger partial charge in [-0.25, -0.2) is 4.99 Å². The molecule has 0 radical (unpaired) electrons. The van der Waals surface area contributed by atoms with Crippen LogP contribution in [0.25, 0.3) is 0 Å². The van der Waals surface area contributed by atoms with Gasteiger partial charge in [0.25, 0.3) is 0 Å². The molecule has 0 saturated carbocycles. The molecular weight excluding hydrogens is 675 g/mol.